The number of sulfonamides is 1. The van der Waals surface area contributed by atoms with Crippen molar-refractivity contribution in [3.05, 3.63) is 24.3 Å². The first kappa shape index (κ1) is 23.3. The first-order valence-corrected chi connectivity index (χ1v) is 13.4. The van der Waals surface area contributed by atoms with E-state index >= 15 is 0 Å². The number of benzene rings is 1. The van der Waals surface area contributed by atoms with E-state index in [0.717, 1.165) is 50.5 Å². The van der Waals surface area contributed by atoms with E-state index in [-0.39, 0.29) is 11.5 Å². The topological polar surface area (TPSA) is 79.4 Å². The Balaban J connectivity index is 1.26. The molecule has 1 spiro atoms. The molecule has 0 radical (unpaired) electrons. The molecule has 3 saturated heterocycles. The van der Waals surface area contributed by atoms with Crippen molar-refractivity contribution >= 4 is 21.6 Å². The van der Waals surface area contributed by atoms with E-state index in [4.69, 9.17) is 9.47 Å². The number of anilines is 1. The second-order valence-electron chi connectivity index (χ2n) is 9.32. The molecule has 9 heteroatoms. The van der Waals surface area contributed by atoms with E-state index in [1.807, 2.05) is 17.0 Å². The maximum absolute atomic E-state index is 13.0. The fraction of sp³-hybridized carbons (Fsp3) is 0.696. The van der Waals surface area contributed by atoms with Gasteiger partial charge >= 0.3 is 0 Å². The van der Waals surface area contributed by atoms with Crippen LogP contribution in [0.25, 0.3) is 0 Å². The summed E-state index contributed by atoms with van der Waals surface area (Å²) in [5, 5.41) is 0. The molecule has 1 aromatic rings. The standard InChI is InChI=1S/C23H35N3O5S/c1-30-21-5-3-20(4-6-21)24-12-14-25(15-13-24)22(27)17-19-7-16-31-23(18-19)8-10-26(11-9-23)32(2,28)29/h3-6,19H,7-18H2,1-2H3. The van der Waals surface area contributed by atoms with Crippen LogP contribution in [0, 0.1) is 5.92 Å². The first-order valence-electron chi connectivity index (χ1n) is 11.5. The Morgan fingerprint density at radius 3 is 2.34 bits per heavy atom. The number of methoxy groups -OCH3 is 1. The van der Waals surface area contributed by atoms with Crippen LogP contribution < -0.4 is 9.64 Å². The minimum Gasteiger partial charge on any atom is -0.497 e. The molecule has 0 saturated carbocycles. The van der Waals surface area contributed by atoms with Crippen molar-refractivity contribution in [3.8, 4) is 5.75 Å². The summed E-state index contributed by atoms with van der Waals surface area (Å²) in [4.78, 5) is 17.3. The Hall–Kier alpha value is -1.84. The van der Waals surface area contributed by atoms with Gasteiger partial charge in [0.15, 0.2) is 0 Å². The van der Waals surface area contributed by atoms with Gasteiger partial charge in [-0.15, -0.1) is 0 Å². The smallest absolute Gasteiger partial charge is 0.222 e. The molecular formula is C23H35N3O5S. The number of amides is 1. The summed E-state index contributed by atoms with van der Waals surface area (Å²) < 4.78 is 36.5. The zero-order valence-corrected chi connectivity index (χ0v) is 20.0. The minimum absolute atomic E-state index is 0.231. The molecule has 32 heavy (non-hydrogen) atoms. The molecule has 4 rings (SSSR count). The van der Waals surface area contributed by atoms with E-state index in [2.05, 4.69) is 17.0 Å². The predicted octanol–water partition coefficient (Wildman–Crippen LogP) is 1.95. The molecule has 178 valence electrons. The normalized spacial score (nSPS) is 24.5. The van der Waals surface area contributed by atoms with Gasteiger partial charge in [0.1, 0.15) is 5.75 Å². The second-order valence-corrected chi connectivity index (χ2v) is 11.3. The fourth-order valence-electron chi connectivity index (χ4n) is 5.26. The maximum atomic E-state index is 13.0. The highest BCUT2D eigenvalue weighted by Crippen LogP contribution is 2.39. The highest BCUT2D eigenvalue weighted by atomic mass is 32.2. The quantitative estimate of drug-likeness (QED) is 0.662. The molecule has 0 aromatic heterocycles. The molecular weight excluding hydrogens is 430 g/mol. The van der Waals surface area contributed by atoms with Gasteiger partial charge in [-0.05, 0) is 55.9 Å². The SMILES string of the molecule is COc1ccc(N2CCN(C(=O)CC3CCOC4(CCN(S(C)(=O)=O)CC4)C3)CC2)cc1. The summed E-state index contributed by atoms with van der Waals surface area (Å²) in [6.07, 6.45) is 5.00. The number of hydrogen-bond acceptors (Lipinski definition) is 6. The minimum atomic E-state index is -3.15. The van der Waals surface area contributed by atoms with Crippen molar-refractivity contribution in [2.24, 2.45) is 5.92 Å². The molecule has 0 N–H and O–H groups in total. The van der Waals surface area contributed by atoms with Gasteiger partial charge in [-0.2, -0.15) is 0 Å². The van der Waals surface area contributed by atoms with Crippen molar-refractivity contribution < 1.29 is 22.7 Å². The first-order chi connectivity index (χ1) is 15.3. The van der Waals surface area contributed by atoms with Crippen LogP contribution in [0.5, 0.6) is 5.75 Å². The van der Waals surface area contributed by atoms with Crippen LogP contribution >= 0.6 is 0 Å². The van der Waals surface area contributed by atoms with E-state index in [9.17, 15) is 13.2 Å². The highest BCUT2D eigenvalue weighted by molar-refractivity contribution is 7.88. The average molecular weight is 466 g/mol. The molecule has 3 fully saturated rings. The van der Waals surface area contributed by atoms with E-state index in [1.54, 1.807) is 11.4 Å². The van der Waals surface area contributed by atoms with Crippen molar-refractivity contribution in [3.63, 3.8) is 0 Å². The Morgan fingerprint density at radius 2 is 1.75 bits per heavy atom. The van der Waals surface area contributed by atoms with Crippen LogP contribution in [0.4, 0.5) is 5.69 Å². The lowest BCUT2D eigenvalue weighted by atomic mass is 9.78. The van der Waals surface area contributed by atoms with Gasteiger partial charge in [0.05, 0.1) is 19.0 Å². The Labute approximate surface area is 191 Å². The van der Waals surface area contributed by atoms with Gasteiger partial charge in [-0.3, -0.25) is 4.79 Å². The molecule has 1 amide bonds. The summed E-state index contributed by atoms with van der Waals surface area (Å²) in [6, 6.07) is 8.06. The number of ether oxygens (including phenoxy) is 2. The van der Waals surface area contributed by atoms with E-state index in [0.29, 0.717) is 44.9 Å². The lowest BCUT2D eigenvalue weighted by molar-refractivity contribution is -0.140. The third-order valence-corrected chi connectivity index (χ3v) is 8.53. The number of rotatable bonds is 5. The Bertz CT molecular complexity index is 889. The largest absolute Gasteiger partial charge is 0.497 e. The molecule has 0 aliphatic carbocycles. The van der Waals surface area contributed by atoms with Crippen LogP contribution in [-0.4, -0.2) is 88.4 Å². The van der Waals surface area contributed by atoms with Gasteiger partial charge in [0.25, 0.3) is 0 Å². The summed E-state index contributed by atoms with van der Waals surface area (Å²) in [5.41, 5.74) is 0.891. The van der Waals surface area contributed by atoms with Crippen LogP contribution in [-0.2, 0) is 19.6 Å². The van der Waals surface area contributed by atoms with Gasteiger partial charge in [0.2, 0.25) is 15.9 Å². The van der Waals surface area contributed by atoms with Crippen molar-refractivity contribution in [1.29, 1.82) is 0 Å². The van der Waals surface area contributed by atoms with Crippen LogP contribution in [0.3, 0.4) is 0 Å². The number of carbonyl (C=O) groups is 1. The molecule has 1 aromatic carbocycles. The lowest BCUT2D eigenvalue weighted by Crippen LogP contribution is -2.52. The number of piperidine rings is 1. The zero-order chi connectivity index (χ0) is 22.8. The Kier molecular flexibility index (Phi) is 6.97. The van der Waals surface area contributed by atoms with Gasteiger partial charge in [-0.1, -0.05) is 0 Å². The van der Waals surface area contributed by atoms with Crippen LogP contribution in [0.2, 0.25) is 0 Å². The van der Waals surface area contributed by atoms with Crippen molar-refractivity contribution in [2.75, 3.05) is 64.1 Å². The predicted molar refractivity (Wildman–Crippen MR) is 123 cm³/mol. The zero-order valence-electron chi connectivity index (χ0n) is 19.2. The van der Waals surface area contributed by atoms with Crippen molar-refractivity contribution in [2.45, 2.75) is 37.7 Å². The number of piperazine rings is 1. The molecule has 3 heterocycles. The average Bonchev–Trinajstić information content (AvgIpc) is 2.79. The fourth-order valence-corrected chi connectivity index (χ4v) is 6.11. The summed E-state index contributed by atoms with van der Waals surface area (Å²) >= 11 is 0. The highest BCUT2D eigenvalue weighted by Gasteiger charge is 2.42. The monoisotopic (exact) mass is 465 g/mol. The molecule has 3 aliphatic heterocycles. The number of hydrogen-bond donors (Lipinski definition) is 0. The second kappa shape index (κ2) is 9.57. The van der Waals surface area contributed by atoms with Crippen molar-refractivity contribution in [1.82, 2.24) is 9.21 Å². The number of nitrogens with zero attached hydrogens (tertiary/aromatic N) is 3. The molecule has 8 nitrogen and oxygen atoms in total. The summed E-state index contributed by atoms with van der Waals surface area (Å²) in [5.74, 6) is 1.38. The van der Waals surface area contributed by atoms with Crippen LogP contribution in [0.1, 0.15) is 32.1 Å². The summed E-state index contributed by atoms with van der Waals surface area (Å²) in [7, 11) is -1.48. The third kappa shape index (κ3) is 5.38. The van der Waals surface area contributed by atoms with Gasteiger partial charge < -0.3 is 19.3 Å². The van der Waals surface area contributed by atoms with Gasteiger partial charge in [0, 0.05) is 58.0 Å². The molecule has 1 unspecified atom stereocenters. The maximum Gasteiger partial charge on any atom is 0.222 e. The van der Waals surface area contributed by atoms with E-state index in [1.165, 1.54) is 6.26 Å². The lowest BCUT2D eigenvalue weighted by Gasteiger charge is -2.46. The molecule has 1 atom stereocenters. The Morgan fingerprint density at radius 1 is 1.09 bits per heavy atom. The molecule has 3 aliphatic rings. The van der Waals surface area contributed by atoms with Crippen LogP contribution in [0.15, 0.2) is 24.3 Å². The summed E-state index contributed by atoms with van der Waals surface area (Å²) in [6.45, 7) is 4.81. The van der Waals surface area contributed by atoms with E-state index < -0.39 is 10.0 Å². The number of carbonyl (C=O) groups excluding carboxylic acids is 1. The van der Waals surface area contributed by atoms with Gasteiger partial charge in [-0.25, -0.2) is 12.7 Å². The third-order valence-electron chi connectivity index (χ3n) is 7.23. The molecule has 0 bridgehead atoms.